The summed E-state index contributed by atoms with van der Waals surface area (Å²) in [4.78, 5) is 17.5. The summed E-state index contributed by atoms with van der Waals surface area (Å²) in [5, 5.41) is 3.07. The second-order valence-corrected chi connectivity index (χ2v) is 8.17. The number of ether oxygens (including phenoxy) is 1. The zero-order valence-corrected chi connectivity index (χ0v) is 17.3. The van der Waals surface area contributed by atoms with Crippen LogP contribution in [0.1, 0.15) is 17.9 Å². The van der Waals surface area contributed by atoms with Gasteiger partial charge in [0.15, 0.2) is 0 Å². The summed E-state index contributed by atoms with van der Waals surface area (Å²) in [6.45, 7) is 4.99. The Morgan fingerprint density at radius 3 is 2.70 bits per heavy atom. The number of rotatable bonds is 6. The Bertz CT molecular complexity index is 831. The Labute approximate surface area is 177 Å². The third kappa shape index (κ3) is 4.52. The van der Waals surface area contributed by atoms with Gasteiger partial charge in [0, 0.05) is 62.1 Å². The molecular formula is C22H32N6O2. The molecule has 8 heteroatoms. The van der Waals surface area contributed by atoms with Gasteiger partial charge < -0.3 is 32.2 Å². The van der Waals surface area contributed by atoms with Crippen LogP contribution in [0.3, 0.4) is 0 Å². The van der Waals surface area contributed by atoms with E-state index in [4.69, 9.17) is 21.9 Å². The largest absolute Gasteiger partial charge is 0.492 e. The van der Waals surface area contributed by atoms with E-state index in [0.717, 1.165) is 56.1 Å². The maximum Gasteiger partial charge on any atom is 0.233 e. The van der Waals surface area contributed by atoms with Gasteiger partial charge in [-0.1, -0.05) is 24.3 Å². The van der Waals surface area contributed by atoms with E-state index in [1.165, 1.54) is 5.57 Å². The van der Waals surface area contributed by atoms with E-state index in [9.17, 15) is 4.79 Å². The molecular weight excluding hydrogens is 380 g/mol. The van der Waals surface area contributed by atoms with Gasteiger partial charge in [-0.05, 0) is 18.1 Å². The predicted molar refractivity (Wildman–Crippen MR) is 118 cm³/mol. The summed E-state index contributed by atoms with van der Waals surface area (Å²) < 4.78 is 5.78. The molecule has 30 heavy (non-hydrogen) atoms. The van der Waals surface area contributed by atoms with Crippen molar-refractivity contribution in [1.82, 2.24) is 9.80 Å². The van der Waals surface area contributed by atoms with Crippen LogP contribution in [0.2, 0.25) is 0 Å². The third-order valence-corrected chi connectivity index (χ3v) is 6.18. The van der Waals surface area contributed by atoms with Crippen molar-refractivity contribution in [2.75, 3.05) is 51.3 Å². The van der Waals surface area contributed by atoms with Crippen molar-refractivity contribution < 1.29 is 9.53 Å². The van der Waals surface area contributed by atoms with Gasteiger partial charge in [0.1, 0.15) is 18.3 Å². The Morgan fingerprint density at radius 1 is 1.17 bits per heavy atom. The quantitative estimate of drug-likeness (QED) is 0.491. The molecule has 2 heterocycles. The molecule has 3 aliphatic rings. The second-order valence-electron chi connectivity index (χ2n) is 8.17. The van der Waals surface area contributed by atoms with E-state index >= 15 is 0 Å². The van der Waals surface area contributed by atoms with Crippen LogP contribution < -0.4 is 27.3 Å². The SMILES string of the molecule is NCNc1ccc2c(c1)OCC2C(=O)N1CCN(CCC2=CC(N)C(N)C=C2)CC1. The normalized spacial score (nSPS) is 26.2. The third-order valence-electron chi connectivity index (χ3n) is 6.18. The van der Waals surface area contributed by atoms with Gasteiger partial charge in [0.05, 0.1) is 6.67 Å². The number of hydrogen-bond donors (Lipinski definition) is 4. The molecule has 0 radical (unpaired) electrons. The number of piperazine rings is 1. The standard InChI is InChI=1S/C22H32N6O2/c23-14-26-16-2-3-17-18(13-30-21(17)12-16)22(29)28-9-7-27(8-10-28)6-5-15-1-4-19(24)20(25)11-15/h1-4,11-12,18-20,26H,5-10,13-14,23-25H2. The number of nitrogens with one attached hydrogen (secondary N) is 1. The van der Waals surface area contributed by atoms with Gasteiger partial charge in [-0.2, -0.15) is 0 Å². The Kier molecular flexibility index (Phi) is 6.38. The number of carbonyl (C=O) groups is 1. The van der Waals surface area contributed by atoms with Gasteiger partial charge in [0.2, 0.25) is 5.91 Å². The van der Waals surface area contributed by atoms with Crippen molar-refractivity contribution in [3.63, 3.8) is 0 Å². The monoisotopic (exact) mass is 412 g/mol. The van der Waals surface area contributed by atoms with Gasteiger partial charge in [-0.3, -0.25) is 9.69 Å². The van der Waals surface area contributed by atoms with Crippen molar-refractivity contribution in [3.05, 3.63) is 47.6 Å². The smallest absolute Gasteiger partial charge is 0.233 e. The van der Waals surface area contributed by atoms with Gasteiger partial charge in [-0.15, -0.1) is 0 Å². The van der Waals surface area contributed by atoms with Crippen molar-refractivity contribution in [2.45, 2.75) is 24.4 Å². The minimum absolute atomic E-state index is 0.0866. The molecule has 1 saturated heterocycles. The van der Waals surface area contributed by atoms with Crippen LogP contribution in [0.25, 0.3) is 0 Å². The number of fused-ring (bicyclic) bond motifs is 1. The molecule has 0 saturated carbocycles. The summed E-state index contributed by atoms with van der Waals surface area (Å²) in [6, 6.07) is 5.66. The van der Waals surface area contributed by atoms with E-state index in [-0.39, 0.29) is 23.9 Å². The average molecular weight is 413 g/mol. The maximum atomic E-state index is 13.1. The summed E-state index contributed by atoms with van der Waals surface area (Å²) in [5.41, 5.74) is 20.6. The number of anilines is 1. The van der Waals surface area contributed by atoms with E-state index in [2.05, 4.69) is 22.4 Å². The van der Waals surface area contributed by atoms with Crippen LogP contribution in [0.4, 0.5) is 5.69 Å². The summed E-state index contributed by atoms with van der Waals surface area (Å²) in [5.74, 6) is 0.713. The summed E-state index contributed by atoms with van der Waals surface area (Å²) in [7, 11) is 0. The van der Waals surface area contributed by atoms with Crippen LogP contribution in [0.15, 0.2) is 42.0 Å². The minimum Gasteiger partial charge on any atom is -0.492 e. The lowest BCUT2D eigenvalue weighted by atomic mass is 9.97. The van der Waals surface area contributed by atoms with Crippen molar-refractivity contribution in [3.8, 4) is 5.75 Å². The van der Waals surface area contributed by atoms with E-state index in [0.29, 0.717) is 13.3 Å². The van der Waals surface area contributed by atoms with Crippen LogP contribution >= 0.6 is 0 Å². The molecule has 162 valence electrons. The fraction of sp³-hybridized carbons (Fsp3) is 0.500. The lowest BCUT2D eigenvalue weighted by Crippen LogP contribution is -2.50. The molecule has 7 N–H and O–H groups in total. The highest BCUT2D eigenvalue weighted by Gasteiger charge is 2.34. The Balaban J connectivity index is 1.27. The molecule has 1 fully saturated rings. The number of nitrogens with zero attached hydrogens (tertiary/aromatic N) is 2. The van der Waals surface area contributed by atoms with Crippen molar-refractivity contribution >= 4 is 11.6 Å². The van der Waals surface area contributed by atoms with Crippen molar-refractivity contribution in [1.29, 1.82) is 0 Å². The molecule has 0 aromatic heterocycles. The molecule has 8 nitrogen and oxygen atoms in total. The number of nitrogens with two attached hydrogens (primary N) is 3. The van der Waals surface area contributed by atoms with E-state index in [1.807, 2.05) is 29.2 Å². The molecule has 3 atom stereocenters. The van der Waals surface area contributed by atoms with Crippen LogP contribution in [0, 0.1) is 0 Å². The first kappa shape index (κ1) is 20.9. The molecule has 1 aromatic rings. The molecule has 0 bridgehead atoms. The fourth-order valence-electron chi connectivity index (χ4n) is 4.29. The zero-order valence-electron chi connectivity index (χ0n) is 17.3. The highest BCUT2D eigenvalue weighted by Crippen LogP contribution is 2.37. The number of hydrogen-bond acceptors (Lipinski definition) is 7. The Morgan fingerprint density at radius 2 is 1.97 bits per heavy atom. The first-order valence-electron chi connectivity index (χ1n) is 10.7. The van der Waals surface area contributed by atoms with E-state index < -0.39 is 0 Å². The highest BCUT2D eigenvalue weighted by atomic mass is 16.5. The molecule has 2 aliphatic heterocycles. The average Bonchev–Trinajstić information content (AvgIpc) is 3.18. The van der Waals surface area contributed by atoms with Crippen molar-refractivity contribution in [2.24, 2.45) is 17.2 Å². The zero-order chi connectivity index (χ0) is 21.1. The topological polar surface area (TPSA) is 123 Å². The molecule has 1 aromatic carbocycles. The van der Waals surface area contributed by atoms with Gasteiger partial charge in [0.25, 0.3) is 0 Å². The van der Waals surface area contributed by atoms with Crippen LogP contribution in [-0.2, 0) is 4.79 Å². The molecule has 1 aliphatic carbocycles. The van der Waals surface area contributed by atoms with Gasteiger partial charge >= 0.3 is 0 Å². The Hall–Kier alpha value is -2.39. The highest BCUT2D eigenvalue weighted by molar-refractivity contribution is 5.86. The maximum absolute atomic E-state index is 13.1. The molecule has 1 amide bonds. The van der Waals surface area contributed by atoms with Crippen LogP contribution in [-0.4, -0.2) is 73.8 Å². The van der Waals surface area contributed by atoms with Gasteiger partial charge in [-0.25, -0.2) is 0 Å². The molecule has 0 spiro atoms. The second kappa shape index (κ2) is 9.18. The molecule has 3 unspecified atom stereocenters. The van der Waals surface area contributed by atoms with Crippen LogP contribution in [0.5, 0.6) is 5.75 Å². The van der Waals surface area contributed by atoms with E-state index in [1.54, 1.807) is 0 Å². The lowest BCUT2D eigenvalue weighted by Gasteiger charge is -2.36. The summed E-state index contributed by atoms with van der Waals surface area (Å²) >= 11 is 0. The number of allylic oxidation sites excluding steroid dienone is 1. The minimum atomic E-state index is -0.221. The summed E-state index contributed by atoms with van der Waals surface area (Å²) in [6.07, 6.45) is 7.08. The lowest BCUT2D eigenvalue weighted by molar-refractivity contribution is -0.134. The first-order valence-corrected chi connectivity index (χ1v) is 10.7. The fourth-order valence-corrected chi connectivity index (χ4v) is 4.29. The molecule has 4 rings (SSSR count). The number of benzene rings is 1. The number of amides is 1. The first-order chi connectivity index (χ1) is 14.5. The number of carbonyl (C=O) groups excluding carboxylic acids is 1. The predicted octanol–water partition coefficient (Wildman–Crippen LogP) is 0.176.